The third-order valence-electron chi connectivity index (χ3n) is 4.09. The van der Waals surface area contributed by atoms with Crippen molar-refractivity contribution in [3.05, 3.63) is 17.7 Å². The summed E-state index contributed by atoms with van der Waals surface area (Å²) in [5, 5.41) is 3.19. The highest BCUT2D eigenvalue weighted by Gasteiger charge is 2.34. The summed E-state index contributed by atoms with van der Waals surface area (Å²) in [4.78, 5) is 10.8. The average molecular weight is 313 g/mol. The van der Waals surface area contributed by atoms with Crippen LogP contribution in [0.25, 0.3) is 0 Å². The lowest BCUT2D eigenvalue weighted by Crippen LogP contribution is -2.28. The van der Waals surface area contributed by atoms with Crippen LogP contribution in [0.1, 0.15) is 31.2 Å². The van der Waals surface area contributed by atoms with E-state index in [4.69, 9.17) is 16.2 Å². The van der Waals surface area contributed by atoms with Gasteiger partial charge in [-0.25, -0.2) is 13.6 Å². The Balaban J connectivity index is 1.96. The van der Waals surface area contributed by atoms with Gasteiger partial charge < -0.3 is 21.5 Å². The van der Waals surface area contributed by atoms with Crippen LogP contribution in [0.3, 0.4) is 0 Å². The van der Waals surface area contributed by atoms with Gasteiger partial charge in [-0.05, 0) is 37.8 Å². The maximum atomic E-state index is 13.1. The Labute approximate surface area is 128 Å². The number of anilines is 2. The molecule has 1 saturated carbocycles. The van der Waals surface area contributed by atoms with Gasteiger partial charge in [-0.1, -0.05) is 0 Å². The Morgan fingerprint density at radius 2 is 2.05 bits per heavy atom. The molecular weight excluding hydrogens is 292 g/mol. The second-order valence-electron chi connectivity index (χ2n) is 5.75. The van der Waals surface area contributed by atoms with Crippen LogP contribution in [0, 0.1) is 12.8 Å². The van der Waals surface area contributed by atoms with Crippen molar-refractivity contribution >= 4 is 17.5 Å². The number of nitrogens with two attached hydrogens (primary N) is 2. The van der Waals surface area contributed by atoms with E-state index >= 15 is 0 Å². The quantitative estimate of drug-likeness (QED) is 0.744. The molecule has 0 aliphatic heterocycles. The van der Waals surface area contributed by atoms with Crippen LogP contribution in [0.2, 0.25) is 0 Å². The maximum Gasteiger partial charge on any atom is 0.409 e. The SMILES string of the molecule is Cc1c(OC(N)=O)ccc(NCC2CCC(F)(F)CC2)c1N. The number of primary amides is 1. The average Bonchev–Trinajstić information content (AvgIpc) is 2.44. The number of carbonyl (C=O) groups is 1. The molecule has 0 saturated heterocycles. The molecule has 0 atom stereocenters. The monoisotopic (exact) mass is 313 g/mol. The fourth-order valence-electron chi connectivity index (χ4n) is 2.64. The largest absolute Gasteiger partial charge is 0.410 e. The van der Waals surface area contributed by atoms with Crippen LogP contribution >= 0.6 is 0 Å². The normalized spacial score (nSPS) is 18.0. The zero-order valence-electron chi connectivity index (χ0n) is 12.5. The van der Waals surface area contributed by atoms with Crippen molar-refractivity contribution in [2.24, 2.45) is 11.7 Å². The van der Waals surface area contributed by atoms with Crippen molar-refractivity contribution in [1.29, 1.82) is 0 Å². The van der Waals surface area contributed by atoms with E-state index < -0.39 is 12.0 Å². The minimum Gasteiger partial charge on any atom is -0.410 e. The van der Waals surface area contributed by atoms with Crippen LogP contribution in [0.5, 0.6) is 5.75 Å². The molecule has 0 heterocycles. The van der Waals surface area contributed by atoms with E-state index in [9.17, 15) is 13.6 Å². The van der Waals surface area contributed by atoms with Gasteiger partial charge in [-0.15, -0.1) is 0 Å². The van der Waals surface area contributed by atoms with Crippen molar-refractivity contribution < 1.29 is 18.3 Å². The number of halogens is 2. The van der Waals surface area contributed by atoms with Gasteiger partial charge >= 0.3 is 6.09 Å². The second kappa shape index (κ2) is 6.37. The Morgan fingerprint density at radius 1 is 1.41 bits per heavy atom. The lowest BCUT2D eigenvalue weighted by atomic mass is 9.87. The molecule has 0 unspecified atom stereocenters. The first kappa shape index (κ1) is 16.3. The molecule has 0 aromatic heterocycles. The molecule has 5 N–H and O–H groups in total. The van der Waals surface area contributed by atoms with Gasteiger partial charge in [0.25, 0.3) is 0 Å². The summed E-state index contributed by atoms with van der Waals surface area (Å²) in [5.41, 5.74) is 12.8. The summed E-state index contributed by atoms with van der Waals surface area (Å²) in [6.07, 6.45) is -0.00603. The number of hydrogen-bond acceptors (Lipinski definition) is 4. The Bertz CT molecular complexity index is 554. The van der Waals surface area contributed by atoms with E-state index in [1.807, 2.05) is 0 Å². The molecule has 1 aromatic carbocycles. The van der Waals surface area contributed by atoms with Crippen molar-refractivity contribution in [3.8, 4) is 5.75 Å². The molecule has 1 aromatic rings. The molecule has 0 radical (unpaired) electrons. The molecule has 0 bridgehead atoms. The van der Waals surface area contributed by atoms with Crippen molar-refractivity contribution in [2.75, 3.05) is 17.6 Å². The Morgan fingerprint density at radius 3 is 2.64 bits per heavy atom. The summed E-state index contributed by atoms with van der Waals surface area (Å²) in [6, 6.07) is 3.30. The highest BCUT2D eigenvalue weighted by molar-refractivity contribution is 5.76. The number of alkyl halides is 2. The van der Waals surface area contributed by atoms with E-state index in [2.05, 4.69) is 5.32 Å². The summed E-state index contributed by atoms with van der Waals surface area (Å²) in [7, 11) is 0. The number of nitrogen functional groups attached to an aromatic ring is 1. The van der Waals surface area contributed by atoms with Crippen LogP contribution in [-0.2, 0) is 0 Å². The molecule has 22 heavy (non-hydrogen) atoms. The molecule has 1 aliphatic rings. The van der Waals surface area contributed by atoms with E-state index in [-0.39, 0.29) is 18.8 Å². The van der Waals surface area contributed by atoms with Gasteiger partial charge in [-0.3, -0.25) is 0 Å². The molecule has 1 amide bonds. The van der Waals surface area contributed by atoms with E-state index in [1.165, 1.54) is 0 Å². The van der Waals surface area contributed by atoms with Crippen LogP contribution in [0.4, 0.5) is 25.0 Å². The number of carbonyl (C=O) groups excluding carboxylic acids is 1. The predicted molar refractivity (Wildman–Crippen MR) is 81.2 cm³/mol. The van der Waals surface area contributed by atoms with Crippen molar-refractivity contribution in [3.63, 3.8) is 0 Å². The second-order valence-corrected chi connectivity index (χ2v) is 5.75. The number of benzene rings is 1. The van der Waals surface area contributed by atoms with E-state index in [0.29, 0.717) is 42.1 Å². The predicted octanol–water partition coefficient (Wildman–Crippen LogP) is 3.27. The lowest BCUT2D eigenvalue weighted by Gasteiger charge is -2.28. The molecular formula is C15H21F2N3O2. The number of hydrogen-bond donors (Lipinski definition) is 3. The van der Waals surface area contributed by atoms with Crippen LogP contribution < -0.4 is 21.5 Å². The smallest absolute Gasteiger partial charge is 0.409 e. The molecule has 0 spiro atoms. The van der Waals surface area contributed by atoms with E-state index in [1.54, 1.807) is 19.1 Å². The van der Waals surface area contributed by atoms with Gasteiger partial charge in [0.2, 0.25) is 5.92 Å². The molecule has 2 rings (SSSR count). The number of ether oxygens (including phenoxy) is 1. The third kappa shape index (κ3) is 3.99. The van der Waals surface area contributed by atoms with Gasteiger partial charge in [0.1, 0.15) is 5.75 Å². The minimum atomic E-state index is -2.51. The standard InChI is InChI=1S/C15H21F2N3O2/c1-9-12(22-14(19)21)3-2-11(13(9)18)20-8-10-4-6-15(16,17)7-5-10/h2-3,10,20H,4-8,18H2,1H3,(H2,19,21). The highest BCUT2D eigenvalue weighted by atomic mass is 19.3. The lowest BCUT2D eigenvalue weighted by molar-refractivity contribution is -0.0443. The zero-order valence-corrected chi connectivity index (χ0v) is 12.5. The van der Waals surface area contributed by atoms with Gasteiger partial charge in [-0.2, -0.15) is 0 Å². The van der Waals surface area contributed by atoms with Crippen molar-refractivity contribution in [2.45, 2.75) is 38.5 Å². The van der Waals surface area contributed by atoms with E-state index in [0.717, 1.165) is 0 Å². The van der Waals surface area contributed by atoms with Crippen LogP contribution in [-0.4, -0.2) is 18.6 Å². The Hall–Kier alpha value is -2.05. The number of rotatable bonds is 4. The van der Waals surface area contributed by atoms with Crippen molar-refractivity contribution in [1.82, 2.24) is 0 Å². The fraction of sp³-hybridized carbons (Fsp3) is 0.533. The molecule has 122 valence electrons. The number of amides is 1. The fourth-order valence-corrected chi connectivity index (χ4v) is 2.64. The highest BCUT2D eigenvalue weighted by Crippen LogP contribution is 2.37. The Kier molecular flexibility index (Phi) is 4.73. The summed E-state index contributed by atoms with van der Waals surface area (Å²) in [5.74, 6) is -1.99. The molecule has 1 fully saturated rings. The molecule has 1 aliphatic carbocycles. The molecule has 7 heteroatoms. The summed E-state index contributed by atoms with van der Waals surface area (Å²) in [6.45, 7) is 2.32. The van der Waals surface area contributed by atoms with Gasteiger partial charge in [0.05, 0.1) is 11.4 Å². The first-order valence-corrected chi connectivity index (χ1v) is 7.26. The zero-order chi connectivity index (χ0) is 16.3. The maximum absolute atomic E-state index is 13.1. The molecule has 5 nitrogen and oxygen atoms in total. The summed E-state index contributed by atoms with van der Waals surface area (Å²) >= 11 is 0. The summed E-state index contributed by atoms with van der Waals surface area (Å²) < 4.78 is 31.1. The first-order valence-electron chi connectivity index (χ1n) is 7.26. The van der Waals surface area contributed by atoms with Gasteiger partial charge in [0, 0.05) is 24.9 Å². The van der Waals surface area contributed by atoms with Crippen LogP contribution in [0.15, 0.2) is 12.1 Å². The topological polar surface area (TPSA) is 90.4 Å². The third-order valence-corrected chi connectivity index (χ3v) is 4.09. The number of nitrogens with one attached hydrogen (secondary N) is 1. The minimum absolute atomic E-state index is 0.0563. The van der Waals surface area contributed by atoms with Gasteiger partial charge in [0.15, 0.2) is 0 Å². The first-order chi connectivity index (χ1) is 10.3.